The van der Waals surface area contributed by atoms with E-state index in [9.17, 15) is 4.79 Å². The summed E-state index contributed by atoms with van der Waals surface area (Å²) in [6.45, 7) is 5.46. The summed E-state index contributed by atoms with van der Waals surface area (Å²) in [6.07, 6.45) is 2.14. The lowest BCUT2D eigenvalue weighted by Gasteiger charge is -2.14. The summed E-state index contributed by atoms with van der Waals surface area (Å²) < 4.78 is 1.90. The van der Waals surface area contributed by atoms with Gasteiger partial charge in [-0.05, 0) is 13.3 Å². The van der Waals surface area contributed by atoms with E-state index in [1.807, 2.05) is 18.5 Å². The van der Waals surface area contributed by atoms with Crippen LogP contribution < -0.4 is 10.6 Å². The molecule has 1 aromatic heterocycles. The van der Waals surface area contributed by atoms with Gasteiger partial charge in [0.15, 0.2) is 11.8 Å². The van der Waals surface area contributed by atoms with E-state index in [0.717, 1.165) is 31.0 Å². The minimum atomic E-state index is -0.000468. The highest BCUT2D eigenvalue weighted by Crippen LogP contribution is 1.99. The Hall–Kier alpha value is -2.12. The first kappa shape index (κ1) is 17.9. The SMILES string of the molecule is CCCCNC(=NCc1nnc(C)n1C)NCC(=O)N(C)C. The Morgan fingerprint density at radius 1 is 1.32 bits per heavy atom. The molecule has 0 bridgehead atoms. The fourth-order valence-corrected chi connectivity index (χ4v) is 1.61. The number of amides is 1. The van der Waals surface area contributed by atoms with Gasteiger partial charge in [-0.3, -0.25) is 4.79 Å². The molecule has 0 fully saturated rings. The molecular weight excluding hydrogens is 282 g/mol. The maximum atomic E-state index is 11.7. The van der Waals surface area contributed by atoms with Crippen molar-refractivity contribution in [3.63, 3.8) is 0 Å². The summed E-state index contributed by atoms with van der Waals surface area (Å²) >= 11 is 0. The molecule has 124 valence electrons. The summed E-state index contributed by atoms with van der Waals surface area (Å²) in [4.78, 5) is 17.7. The molecule has 1 amide bonds. The summed E-state index contributed by atoms with van der Waals surface area (Å²) in [5.41, 5.74) is 0. The summed E-state index contributed by atoms with van der Waals surface area (Å²) in [6, 6.07) is 0. The molecule has 0 saturated heterocycles. The molecule has 0 spiro atoms. The number of aromatic nitrogens is 3. The van der Waals surface area contributed by atoms with E-state index < -0.39 is 0 Å². The Bertz CT molecular complexity index is 507. The van der Waals surface area contributed by atoms with E-state index in [1.54, 1.807) is 19.0 Å². The third-order valence-electron chi connectivity index (χ3n) is 3.29. The van der Waals surface area contributed by atoms with Crippen LogP contribution in [0.3, 0.4) is 0 Å². The van der Waals surface area contributed by atoms with E-state index in [2.05, 4.69) is 32.7 Å². The van der Waals surface area contributed by atoms with Crippen molar-refractivity contribution >= 4 is 11.9 Å². The lowest BCUT2D eigenvalue weighted by molar-refractivity contribution is -0.127. The predicted molar refractivity (Wildman–Crippen MR) is 86.5 cm³/mol. The monoisotopic (exact) mass is 309 g/mol. The number of rotatable bonds is 7. The number of aliphatic imine (C=N–C) groups is 1. The maximum Gasteiger partial charge on any atom is 0.241 e. The molecule has 1 heterocycles. The van der Waals surface area contributed by atoms with E-state index in [0.29, 0.717) is 12.5 Å². The first-order valence-corrected chi connectivity index (χ1v) is 7.52. The highest BCUT2D eigenvalue weighted by molar-refractivity contribution is 5.86. The molecule has 0 aliphatic rings. The van der Waals surface area contributed by atoms with Gasteiger partial charge >= 0.3 is 0 Å². The molecule has 1 rings (SSSR count). The first-order chi connectivity index (χ1) is 10.5. The Kier molecular flexibility index (Phi) is 7.34. The molecule has 22 heavy (non-hydrogen) atoms. The van der Waals surface area contributed by atoms with Gasteiger partial charge in [0.2, 0.25) is 5.91 Å². The lowest BCUT2D eigenvalue weighted by atomic mass is 10.3. The van der Waals surface area contributed by atoms with Crippen molar-refractivity contribution < 1.29 is 4.79 Å². The molecule has 0 aromatic carbocycles. The molecule has 8 nitrogen and oxygen atoms in total. The number of unbranched alkanes of at least 4 members (excludes halogenated alkanes) is 1. The van der Waals surface area contributed by atoms with Gasteiger partial charge in [0.05, 0.1) is 6.54 Å². The number of hydrogen-bond acceptors (Lipinski definition) is 4. The molecular formula is C14H27N7O. The van der Waals surface area contributed by atoms with Gasteiger partial charge in [-0.1, -0.05) is 13.3 Å². The molecule has 0 atom stereocenters. The van der Waals surface area contributed by atoms with Crippen LogP contribution in [0.1, 0.15) is 31.4 Å². The molecule has 0 unspecified atom stereocenters. The van der Waals surface area contributed by atoms with E-state index in [1.165, 1.54) is 0 Å². The minimum Gasteiger partial charge on any atom is -0.356 e. The highest BCUT2D eigenvalue weighted by Gasteiger charge is 2.07. The normalized spacial score (nSPS) is 11.4. The number of carbonyl (C=O) groups excluding carboxylic acids is 1. The average Bonchev–Trinajstić information content (AvgIpc) is 2.80. The predicted octanol–water partition coefficient (Wildman–Crippen LogP) is 0.0470. The number of aryl methyl sites for hydroxylation is 1. The van der Waals surface area contributed by atoms with Gasteiger partial charge in [0.25, 0.3) is 0 Å². The number of nitrogens with one attached hydrogen (secondary N) is 2. The zero-order valence-electron chi connectivity index (χ0n) is 14.2. The van der Waals surface area contributed by atoms with Gasteiger partial charge in [-0.25, -0.2) is 4.99 Å². The highest BCUT2D eigenvalue weighted by atomic mass is 16.2. The fourth-order valence-electron chi connectivity index (χ4n) is 1.61. The Morgan fingerprint density at radius 2 is 2.05 bits per heavy atom. The maximum absolute atomic E-state index is 11.7. The molecule has 0 saturated carbocycles. The van der Waals surface area contributed by atoms with Gasteiger partial charge in [0.1, 0.15) is 12.4 Å². The van der Waals surface area contributed by atoms with E-state index >= 15 is 0 Å². The van der Waals surface area contributed by atoms with Crippen molar-refractivity contribution in [2.75, 3.05) is 27.2 Å². The van der Waals surface area contributed by atoms with Crippen LogP contribution in [0.25, 0.3) is 0 Å². The smallest absolute Gasteiger partial charge is 0.241 e. The van der Waals surface area contributed by atoms with Crippen molar-refractivity contribution in [2.45, 2.75) is 33.2 Å². The summed E-state index contributed by atoms with van der Waals surface area (Å²) in [5.74, 6) is 2.25. The van der Waals surface area contributed by atoms with Gasteiger partial charge in [-0.2, -0.15) is 0 Å². The number of likely N-dealkylation sites (N-methyl/N-ethyl adjacent to an activating group) is 1. The number of hydrogen-bond donors (Lipinski definition) is 2. The zero-order chi connectivity index (χ0) is 16.5. The lowest BCUT2D eigenvalue weighted by Crippen LogP contribution is -2.43. The van der Waals surface area contributed by atoms with Crippen molar-refractivity contribution in [3.8, 4) is 0 Å². The first-order valence-electron chi connectivity index (χ1n) is 7.52. The van der Waals surface area contributed by atoms with Crippen molar-refractivity contribution in [3.05, 3.63) is 11.6 Å². The topological polar surface area (TPSA) is 87.4 Å². The molecule has 8 heteroatoms. The zero-order valence-corrected chi connectivity index (χ0v) is 14.2. The van der Waals surface area contributed by atoms with Crippen LogP contribution >= 0.6 is 0 Å². The van der Waals surface area contributed by atoms with Gasteiger partial charge in [0, 0.05) is 27.7 Å². The molecule has 1 aromatic rings. The minimum absolute atomic E-state index is 0.000468. The van der Waals surface area contributed by atoms with E-state index in [4.69, 9.17) is 0 Å². The number of nitrogens with zero attached hydrogens (tertiary/aromatic N) is 5. The summed E-state index contributed by atoms with van der Waals surface area (Å²) in [5, 5.41) is 14.4. The third kappa shape index (κ3) is 5.71. The van der Waals surface area contributed by atoms with Crippen LogP contribution in [0, 0.1) is 6.92 Å². The third-order valence-corrected chi connectivity index (χ3v) is 3.29. The second-order valence-electron chi connectivity index (χ2n) is 5.31. The molecule has 2 N–H and O–H groups in total. The second-order valence-corrected chi connectivity index (χ2v) is 5.31. The standard InChI is InChI=1S/C14H27N7O/c1-6-7-8-15-14(17-10-13(22)20(3)4)16-9-12-19-18-11(2)21(12)5/h6-10H2,1-5H3,(H2,15,16,17). The van der Waals surface area contributed by atoms with Crippen molar-refractivity contribution in [1.29, 1.82) is 0 Å². The fraction of sp³-hybridized carbons (Fsp3) is 0.714. The molecule has 0 aliphatic heterocycles. The van der Waals surface area contributed by atoms with Gasteiger partial charge < -0.3 is 20.1 Å². The second kappa shape index (κ2) is 9.01. The Morgan fingerprint density at radius 3 is 2.59 bits per heavy atom. The largest absolute Gasteiger partial charge is 0.356 e. The Labute approximate surface area is 132 Å². The molecule has 0 aliphatic carbocycles. The van der Waals surface area contributed by atoms with Crippen LogP contribution in [0.4, 0.5) is 0 Å². The average molecular weight is 309 g/mol. The number of carbonyl (C=O) groups is 1. The van der Waals surface area contributed by atoms with Crippen LogP contribution in [0.5, 0.6) is 0 Å². The van der Waals surface area contributed by atoms with Crippen LogP contribution in [0.2, 0.25) is 0 Å². The number of guanidine groups is 1. The van der Waals surface area contributed by atoms with Crippen LogP contribution in [-0.2, 0) is 18.4 Å². The van der Waals surface area contributed by atoms with Crippen molar-refractivity contribution in [1.82, 2.24) is 30.3 Å². The van der Waals surface area contributed by atoms with Crippen LogP contribution in [-0.4, -0.2) is 58.7 Å². The summed E-state index contributed by atoms with van der Waals surface area (Å²) in [7, 11) is 5.37. The van der Waals surface area contributed by atoms with Crippen LogP contribution in [0.15, 0.2) is 4.99 Å². The molecule has 0 radical (unpaired) electrons. The van der Waals surface area contributed by atoms with Gasteiger partial charge in [-0.15, -0.1) is 10.2 Å². The Balaban J connectivity index is 2.65. The van der Waals surface area contributed by atoms with E-state index in [-0.39, 0.29) is 12.5 Å². The quantitative estimate of drug-likeness (QED) is 0.422. The van der Waals surface area contributed by atoms with Crippen molar-refractivity contribution in [2.24, 2.45) is 12.0 Å².